The molecular weight excluding hydrogens is 422 g/mol. The maximum atomic E-state index is 12.3. The predicted molar refractivity (Wildman–Crippen MR) is 121 cm³/mol. The normalized spacial score (nSPS) is 30.8. The zero-order valence-corrected chi connectivity index (χ0v) is 18.1. The van der Waals surface area contributed by atoms with Gasteiger partial charge in [-0.05, 0) is 72.6 Å². The van der Waals surface area contributed by atoms with Gasteiger partial charge in [-0.2, -0.15) is 0 Å². The van der Waals surface area contributed by atoms with Crippen molar-refractivity contribution in [1.29, 1.82) is 0 Å². The first-order valence-corrected chi connectivity index (χ1v) is 11.5. The van der Waals surface area contributed by atoms with Gasteiger partial charge in [0.15, 0.2) is 5.78 Å². The minimum absolute atomic E-state index is 0.174. The van der Waals surface area contributed by atoms with Gasteiger partial charge >= 0.3 is 0 Å². The summed E-state index contributed by atoms with van der Waals surface area (Å²) in [6, 6.07) is 13.7. The van der Waals surface area contributed by atoms with Crippen molar-refractivity contribution in [1.82, 2.24) is 0 Å². The Morgan fingerprint density at radius 1 is 1.00 bits per heavy atom. The van der Waals surface area contributed by atoms with E-state index in [-0.39, 0.29) is 5.78 Å². The number of ketones is 1. The fourth-order valence-electron chi connectivity index (χ4n) is 6.22. The molecule has 0 fully saturated rings. The van der Waals surface area contributed by atoms with Crippen LogP contribution in [-0.2, 0) is 0 Å². The predicted octanol–water partition coefficient (Wildman–Crippen LogP) is 6.55. The smallest absolute Gasteiger partial charge is 0.159 e. The van der Waals surface area contributed by atoms with Crippen LogP contribution in [0.25, 0.3) is 0 Å². The minimum atomic E-state index is 0.174. The van der Waals surface area contributed by atoms with Crippen molar-refractivity contribution in [3.63, 3.8) is 0 Å². The first-order chi connectivity index (χ1) is 14.1. The van der Waals surface area contributed by atoms with Crippen LogP contribution >= 0.6 is 15.9 Å². The summed E-state index contributed by atoms with van der Waals surface area (Å²) in [5, 5.41) is 0. The number of anilines is 1. The second-order valence-electron chi connectivity index (χ2n) is 9.01. The SMILES string of the molecule is CC(=O)c1cc2c3c(c1)[C@H]1C=CC[C@H]1[C@H](c1ccc(Br)cc1)N3C[C@@H]1CC=C[C@H]21. The van der Waals surface area contributed by atoms with Crippen LogP contribution in [-0.4, -0.2) is 12.3 Å². The molecule has 5 atom stereocenters. The molecule has 2 aromatic rings. The van der Waals surface area contributed by atoms with E-state index in [1.54, 1.807) is 6.92 Å². The zero-order valence-electron chi connectivity index (χ0n) is 16.5. The molecule has 2 nitrogen and oxygen atoms in total. The monoisotopic (exact) mass is 445 g/mol. The van der Waals surface area contributed by atoms with E-state index in [4.69, 9.17) is 0 Å². The number of rotatable bonds is 2. The van der Waals surface area contributed by atoms with E-state index >= 15 is 0 Å². The molecule has 146 valence electrons. The maximum Gasteiger partial charge on any atom is 0.159 e. The molecular formula is C26H24BrNO. The molecule has 6 rings (SSSR count). The van der Waals surface area contributed by atoms with Gasteiger partial charge in [0.05, 0.1) is 6.04 Å². The topological polar surface area (TPSA) is 20.3 Å². The molecule has 0 unspecified atom stereocenters. The number of halogens is 1. The first kappa shape index (κ1) is 17.7. The van der Waals surface area contributed by atoms with E-state index < -0.39 is 0 Å². The number of Topliss-reactive ketones (excluding diaryl/α,β-unsaturated/α-hetero) is 1. The Morgan fingerprint density at radius 3 is 2.45 bits per heavy atom. The molecule has 4 aliphatic rings. The summed E-state index contributed by atoms with van der Waals surface area (Å²) in [6.07, 6.45) is 11.7. The lowest BCUT2D eigenvalue weighted by atomic mass is 9.70. The van der Waals surface area contributed by atoms with Crippen LogP contribution in [0.4, 0.5) is 5.69 Å². The standard InChI is InChI=1S/C26H24BrNO/c1-15(29)18-12-23-20-5-2-4-17(20)14-28-25(16-8-10-19(27)11-9-16)22-7-3-6-21(22)24(13-18)26(23)28/h2-3,5-6,8-13,17,20-22,25H,4,7,14H2,1H3/t17-,20-,21-,22+,25-/m0/s1. The third kappa shape index (κ3) is 2.56. The largest absolute Gasteiger partial charge is 0.363 e. The van der Waals surface area contributed by atoms with Crippen molar-refractivity contribution < 1.29 is 4.79 Å². The molecule has 0 radical (unpaired) electrons. The average molecular weight is 446 g/mol. The Hall–Kier alpha value is -2.13. The summed E-state index contributed by atoms with van der Waals surface area (Å²) in [5.74, 6) is 2.17. The lowest BCUT2D eigenvalue weighted by Crippen LogP contribution is -2.46. The fraction of sp³-hybridized carbons (Fsp3) is 0.346. The number of nitrogens with zero attached hydrogens (tertiary/aromatic N) is 1. The molecule has 0 amide bonds. The molecule has 0 bridgehead atoms. The molecule has 2 aromatic carbocycles. The Balaban J connectivity index is 1.59. The van der Waals surface area contributed by atoms with Gasteiger partial charge in [0.2, 0.25) is 0 Å². The van der Waals surface area contributed by atoms with E-state index in [0.29, 0.717) is 29.7 Å². The van der Waals surface area contributed by atoms with Crippen molar-refractivity contribution in [3.05, 3.63) is 87.4 Å². The molecule has 0 saturated carbocycles. The van der Waals surface area contributed by atoms with Crippen LogP contribution < -0.4 is 4.90 Å². The molecule has 0 aromatic heterocycles. The number of allylic oxidation sites excluding steroid dienone is 4. The molecule has 0 spiro atoms. The van der Waals surface area contributed by atoms with Crippen molar-refractivity contribution in [2.75, 3.05) is 11.4 Å². The summed E-state index contributed by atoms with van der Waals surface area (Å²) in [5.41, 5.74) is 6.44. The third-order valence-electron chi connectivity index (χ3n) is 7.47. The second-order valence-corrected chi connectivity index (χ2v) is 9.93. The minimum Gasteiger partial charge on any atom is -0.363 e. The van der Waals surface area contributed by atoms with Crippen molar-refractivity contribution in [2.45, 2.75) is 37.6 Å². The van der Waals surface area contributed by atoms with Gasteiger partial charge in [-0.25, -0.2) is 0 Å². The second kappa shape index (κ2) is 6.43. The summed E-state index contributed by atoms with van der Waals surface area (Å²) >= 11 is 3.60. The number of benzene rings is 2. The van der Waals surface area contributed by atoms with Gasteiger partial charge in [0.25, 0.3) is 0 Å². The number of carbonyl (C=O) groups excluding carboxylic acids is 1. The molecule has 29 heavy (non-hydrogen) atoms. The van der Waals surface area contributed by atoms with Gasteiger partial charge < -0.3 is 4.90 Å². The highest BCUT2D eigenvalue weighted by atomic mass is 79.9. The van der Waals surface area contributed by atoms with E-state index in [0.717, 1.165) is 29.4 Å². The maximum absolute atomic E-state index is 12.3. The van der Waals surface area contributed by atoms with E-state index in [2.05, 4.69) is 81.5 Å². The van der Waals surface area contributed by atoms with E-state index in [1.807, 2.05) is 0 Å². The van der Waals surface area contributed by atoms with Crippen LogP contribution in [0, 0.1) is 11.8 Å². The highest BCUT2D eigenvalue weighted by molar-refractivity contribution is 9.10. The summed E-state index contributed by atoms with van der Waals surface area (Å²) in [6.45, 7) is 2.80. The van der Waals surface area contributed by atoms with Crippen LogP contribution in [0.2, 0.25) is 0 Å². The number of hydrogen-bond acceptors (Lipinski definition) is 2. The molecule has 0 N–H and O–H groups in total. The molecule has 2 aliphatic carbocycles. The number of carbonyl (C=O) groups is 1. The first-order valence-electron chi connectivity index (χ1n) is 10.7. The molecule has 2 aliphatic heterocycles. The fourth-order valence-corrected chi connectivity index (χ4v) is 6.48. The molecule has 2 heterocycles. The van der Waals surface area contributed by atoms with Crippen molar-refractivity contribution in [3.8, 4) is 0 Å². The highest BCUT2D eigenvalue weighted by Gasteiger charge is 2.47. The van der Waals surface area contributed by atoms with Gasteiger partial charge in [-0.1, -0.05) is 52.4 Å². The zero-order chi connectivity index (χ0) is 19.7. The van der Waals surface area contributed by atoms with Crippen LogP contribution in [0.3, 0.4) is 0 Å². The van der Waals surface area contributed by atoms with Crippen molar-refractivity contribution in [2.24, 2.45) is 11.8 Å². The Morgan fingerprint density at radius 2 is 1.69 bits per heavy atom. The lowest BCUT2D eigenvalue weighted by Gasteiger charge is -2.51. The Kier molecular flexibility index (Phi) is 3.93. The number of fused-ring (bicyclic) bond motifs is 4. The summed E-state index contributed by atoms with van der Waals surface area (Å²) in [4.78, 5) is 15.0. The van der Waals surface area contributed by atoms with Gasteiger partial charge in [0, 0.05) is 34.1 Å². The Labute approximate surface area is 180 Å². The Bertz CT molecular complexity index is 1050. The van der Waals surface area contributed by atoms with E-state index in [1.165, 1.54) is 22.4 Å². The van der Waals surface area contributed by atoms with Gasteiger partial charge in [-0.3, -0.25) is 4.79 Å². The van der Waals surface area contributed by atoms with Crippen LogP contribution in [0.15, 0.2) is 65.2 Å². The molecule has 3 heteroatoms. The van der Waals surface area contributed by atoms with Crippen molar-refractivity contribution >= 4 is 27.4 Å². The van der Waals surface area contributed by atoms with Gasteiger partial charge in [0.1, 0.15) is 0 Å². The summed E-state index contributed by atoms with van der Waals surface area (Å²) < 4.78 is 1.13. The highest BCUT2D eigenvalue weighted by Crippen LogP contribution is 2.58. The average Bonchev–Trinajstić information content (AvgIpc) is 3.38. The lowest BCUT2D eigenvalue weighted by molar-refractivity contribution is 0.101. The summed E-state index contributed by atoms with van der Waals surface area (Å²) in [7, 11) is 0. The van der Waals surface area contributed by atoms with Crippen LogP contribution in [0.5, 0.6) is 0 Å². The third-order valence-corrected chi connectivity index (χ3v) is 8.00. The van der Waals surface area contributed by atoms with E-state index in [9.17, 15) is 4.79 Å². The quantitative estimate of drug-likeness (QED) is 0.385. The van der Waals surface area contributed by atoms with Gasteiger partial charge in [-0.15, -0.1) is 0 Å². The number of hydrogen-bond donors (Lipinski definition) is 0. The molecule has 0 saturated heterocycles. The van der Waals surface area contributed by atoms with Crippen LogP contribution in [0.1, 0.15) is 64.7 Å².